The second kappa shape index (κ2) is 3.12. The zero-order chi connectivity index (χ0) is 9.26. The Hall–Kier alpha value is -1.45. The van der Waals surface area contributed by atoms with Gasteiger partial charge in [-0.1, -0.05) is 0 Å². The third kappa shape index (κ3) is 1.39. The van der Waals surface area contributed by atoms with E-state index in [2.05, 4.69) is 9.97 Å². The molecule has 0 saturated heterocycles. The SMILES string of the molecule is O=Cc1nc2c(c(=O)[nH]1)CCCC2. The standard InChI is InChI=1S/C9H10N2O2/c12-5-8-10-7-4-2-1-3-6(7)9(13)11-8/h5H,1-4H2,(H,10,11,13). The molecule has 68 valence electrons. The van der Waals surface area contributed by atoms with Gasteiger partial charge >= 0.3 is 0 Å². The molecular weight excluding hydrogens is 168 g/mol. The van der Waals surface area contributed by atoms with Crippen LogP contribution in [0.1, 0.15) is 34.7 Å². The van der Waals surface area contributed by atoms with E-state index in [1.165, 1.54) is 0 Å². The van der Waals surface area contributed by atoms with E-state index >= 15 is 0 Å². The van der Waals surface area contributed by atoms with Crippen LogP contribution in [0.2, 0.25) is 0 Å². The van der Waals surface area contributed by atoms with Gasteiger partial charge in [-0.05, 0) is 25.7 Å². The summed E-state index contributed by atoms with van der Waals surface area (Å²) in [5.74, 6) is 0.144. The minimum absolute atomic E-state index is 0.144. The quantitative estimate of drug-likeness (QED) is 0.635. The van der Waals surface area contributed by atoms with E-state index < -0.39 is 0 Å². The molecule has 0 radical (unpaired) electrons. The zero-order valence-corrected chi connectivity index (χ0v) is 7.17. The fourth-order valence-electron chi connectivity index (χ4n) is 1.68. The average Bonchev–Trinajstić information content (AvgIpc) is 2.18. The highest BCUT2D eigenvalue weighted by atomic mass is 16.1. The lowest BCUT2D eigenvalue weighted by Gasteiger charge is -2.12. The molecule has 0 amide bonds. The molecule has 0 bridgehead atoms. The Balaban J connectivity index is 2.59. The van der Waals surface area contributed by atoms with Crippen LogP contribution >= 0.6 is 0 Å². The number of H-pyrrole nitrogens is 1. The number of aromatic amines is 1. The van der Waals surface area contributed by atoms with Crippen LogP contribution in [0.5, 0.6) is 0 Å². The molecule has 1 aromatic rings. The lowest BCUT2D eigenvalue weighted by molar-refractivity contribution is 0.111. The first kappa shape index (κ1) is 8.16. The highest BCUT2D eigenvalue weighted by Crippen LogP contribution is 2.14. The van der Waals surface area contributed by atoms with Crippen LogP contribution in [0, 0.1) is 0 Å². The second-order valence-corrected chi connectivity index (χ2v) is 3.20. The molecule has 0 unspecified atom stereocenters. The molecule has 13 heavy (non-hydrogen) atoms. The Morgan fingerprint density at radius 1 is 1.31 bits per heavy atom. The van der Waals surface area contributed by atoms with Crippen molar-refractivity contribution in [2.75, 3.05) is 0 Å². The number of aromatic nitrogens is 2. The fourth-order valence-corrected chi connectivity index (χ4v) is 1.68. The molecule has 0 fully saturated rings. The van der Waals surface area contributed by atoms with Crippen molar-refractivity contribution in [1.82, 2.24) is 9.97 Å². The predicted octanol–water partition coefficient (Wildman–Crippen LogP) is 0.461. The molecule has 1 aromatic heterocycles. The minimum Gasteiger partial charge on any atom is -0.304 e. The van der Waals surface area contributed by atoms with E-state index in [0.717, 1.165) is 36.9 Å². The van der Waals surface area contributed by atoms with Gasteiger partial charge in [0.15, 0.2) is 12.1 Å². The number of carbonyl (C=O) groups excluding carboxylic acids is 1. The van der Waals surface area contributed by atoms with Crippen molar-refractivity contribution in [3.63, 3.8) is 0 Å². The van der Waals surface area contributed by atoms with Crippen molar-refractivity contribution in [1.29, 1.82) is 0 Å². The number of hydrogen-bond donors (Lipinski definition) is 1. The highest BCUT2D eigenvalue weighted by Gasteiger charge is 2.14. The maximum atomic E-state index is 11.4. The third-order valence-corrected chi connectivity index (χ3v) is 2.32. The summed E-state index contributed by atoms with van der Waals surface area (Å²) in [4.78, 5) is 28.3. The van der Waals surface area contributed by atoms with Crippen molar-refractivity contribution >= 4 is 6.29 Å². The second-order valence-electron chi connectivity index (χ2n) is 3.20. The Labute approximate surface area is 75.0 Å². The number of aryl methyl sites for hydroxylation is 1. The zero-order valence-electron chi connectivity index (χ0n) is 7.17. The van der Waals surface area contributed by atoms with Crippen LogP contribution in [0.15, 0.2) is 4.79 Å². The van der Waals surface area contributed by atoms with Crippen molar-refractivity contribution < 1.29 is 4.79 Å². The van der Waals surface area contributed by atoms with Gasteiger partial charge in [0.25, 0.3) is 5.56 Å². The summed E-state index contributed by atoms with van der Waals surface area (Å²) in [5, 5.41) is 0. The van der Waals surface area contributed by atoms with Gasteiger partial charge in [0.1, 0.15) is 0 Å². The summed E-state index contributed by atoms with van der Waals surface area (Å²) in [5.41, 5.74) is 1.42. The van der Waals surface area contributed by atoms with Crippen LogP contribution in [-0.2, 0) is 12.8 Å². The minimum atomic E-state index is -0.146. The highest BCUT2D eigenvalue weighted by molar-refractivity contribution is 5.68. The van der Waals surface area contributed by atoms with Crippen LogP contribution in [0.25, 0.3) is 0 Å². The molecule has 0 atom stereocenters. The molecule has 0 aliphatic heterocycles. The maximum absolute atomic E-state index is 11.4. The Morgan fingerprint density at radius 3 is 2.85 bits per heavy atom. The van der Waals surface area contributed by atoms with Crippen LogP contribution < -0.4 is 5.56 Å². The Kier molecular flexibility index (Phi) is 1.96. The van der Waals surface area contributed by atoms with Gasteiger partial charge in [0.05, 0.1) is 5.69 Å². The number of nitrogens with one attached hydrogen (secondary N) is 1. The largest absolute Gasteiger partial charge is 0.304 e. The first-order chi connectivity index (χ1) is 6.31. The number of nitrogens with zero attached hydrogens (tertiary/aromatic N) is 1. The lowest BCUT2D eigenvalue weighted by Crippen LogP contribution is -2.22. The van der Waals surface area contributed by atoms with Gasteiger partial charge in [0.2, 0.25) is 0 Å². The number of hydrogen-bond acceptors (Lipinski definition) is 3. The lowest BCUT2D eigenvalue weighted by atomic mass is 9.97. The van der Waals surface area contributed by atoms with E-state index in [0.29, 0.717) is 6.29 Å². The summed E-state index contributed by atoms with van der Waals surface area (Å²) in [7, 11) is 0. The normalized spacial score (nSPS) is 15.1. The van der Waals surface area contributed by atoms with E-state index in [9.17, 15) is 9.59 Å². The van der Waals surface area contributed by atoms with Gasteiger partial charge in [-0.3, -0.25) is 9.59 Å². The van der Waals surface area contributed by atoms with Crippen molar-refractivity contribution in [3.8, 4) is 0 Å². The van der Waals surface area contributed by atoms with Gasteiger partial charge in [-0.25, -0.2) is 4.98 Å². The summed E-state index contributed by atoms with van der Waals surface area (Å²) >= 11 is 0. The molecule has 1 aliphatic carbocycles. The Morgan fingerprint density at radius 2 is 2.08 bits per heavy atom. The first-order valence-corrected chi connectivity index (χ1v) is 4.38. The molecule has 0 saturated carbocycles. The third-order valence-electron chi connectivity index (χ3n) is 2.32. The number of aldehydes is 1. The summed E-state index contributed by atoms with van der Waals surface area (Å²) in [6.45, 7) is 0. The van der Waals surface area contributed by atoms with E-state index in [1.807, 2.05) is 0 Å². The topological polar surface area (TPSA) is 62.8 Å². The summed E-state index contributed by atoms with van der Waals surface area (Å²) in [6, 6.07) is 0. The van der Waals surface area contributed by atoms with Crippen molar-refractivity contribution in [2.24, 2.45) is 0 Å². The molecular formula is C9H10N2O2. The molecule has 0 spiro atoms. The number of fused-ring (bicyclic) bond motifs is 1. The van der Waals surface area contributed by atoms with Gasteiger partial charge in [0, 0.05) is 5.56 Å². The van der Waals surface area contributed by atoms with Crippen molar-refractivity contribution in [3.05, 3.63) is 27.4 Å². The first-order valence-electron chi connectivity index (χ1n) is 4.38. The fraction of sp³-hybridized carbons (Fsp3) is 0.444. The summed E-state index contributed by atoms with van der Waals surface area (Å²) < 4.78 is 0. The van der Waals surface area contributed by atoms with Crippen LogP contribution in [0.3, 0.4) is 0 Å². The molecule has 1 heterocycles. The molecule has 1 N–H and O–H groups in total. The number of carbonyl (C=O) groups is 1. The maximum Gasteiger partial charge on any atom is 0.254 e. The van der Waals surface area contributed by atoms with E-state index in [1.54, 1.807) is 0 Å². The van der Waals surface area contributed by atoms with Crippen LogP contribution in [-0.4, -0.2) is 16.3 Å². The molecule has 4 nitrogen and oxygen atoms in total. The monoisotopic (exact) mass is 178 g/mol. The molecule has 1 aliphatic rings. The van der Waals surface area contributed by atoms with Gasteiger partial charge in [-0.2, -0.15) is 0 Å². The van der Waals surface area contributed by atoms with E-state index in [-0.39, 0.29) is 11.4 Å². The van der Waals surface area contributed by atoms with Crippen LogP contribution in [0.4, 0.5) is 0 Å². The smallest absolute Gasteiger partial charge is 0.254 e. The van der Waals surface area contributed by atoms with E-state index in [4.69, 9.17) is 0 Å². The van der Waals surface area contributed by atoms with Gasteiger partial charge in [-0.15, -0.1) is 0 Å². The van der Waals surface area contributed by atoms with Gasteiger partial charge < -0.3 is 4.98 Å². The summed E-state index contributed by atoms with van der Waals surface area (Å²) in [6.07, 6.45) is 4.28. The molecule has 4 heteroatoms. The number of rotatable bonds is 1. The predicted molar refractivity (Wildman–Crippen MR) is 46.9 cm³/mol. The van der Waals surface area contributed by atoms with Crippen molar-refractivity contribution in [2.45, 2.75) is 25.7 Å². The molecule has 2 rings (SSSR count). The average molecular weight is 178 g/mol. The molecule has 0 aromatic carbocycles. The Bertz CT molecular complexity index is 395.